The number of aryl methyl sites for hydroxylation is 1. The highest BCUT2D eigenvalue weighted by Crippen LogP contribution is 2.40. The van der Waals surface area contributed by atoms with Gasteiger partial charge in [0.1, 0.15) is 11.2 Å². The van der Waals surface area contributed by atoms with Crippen LogP contribution in [0.1, 0.15) is 31.9 Å². The highest BCUT2D eigenvalue weighted by molar-refractivity contribution is 6.05. The van der Waals surface area contributed by atoms with Gasteiger partial charge in [0.25, 0.3) is 0 Å². The number of hydrogen-bond donors (Lipinski definition) is 2. The van der Waals surface area contributed by atoms with Crippen molar-refractivity contribution in [3.05, 3.63) is 78.5 Å². The molecule has 1 saturated heterocycles. The largest absolute Gasteiger partial charge is 0.460 e. The summed E-state index contributed by atoms with van der Waals surface area (Å²) in [6.07, 6.45) is 3.10. The van der Waals surface area contributed by atoms with Gasteiger partial charge in [0.05, 0.1) is 12.1 Å². The van der Waals surface area contributed by atoms with Gasteiger partial charge in [-0.1, -0.05) is 30.8 Å². The van der Waals surface area contributed by atoms with Crippen molar-refractivity contribution in [1.29, 1.82) is 0 Å². The van der Waals surface area contributed by atoms with Crippen molar-refractivity contribution in [2.75, 3.05) is 43.4 Å². The third-order valence-corrected chi connectivity index (χ3v) is 7.47. The third kappa shape index (κ3) is 6.55. The van der Waals surface area contributed by atoms with E-state index in [9.17, 15) is 9.59 Å². The molecule has 1 aliphatic rings. The molecule has 42 heavy (non-hydrogen) atoms. The molecule has 2 aromatic carbocycles. The zero-order valence-electron chi connectivity index (χ0n) is 25.1. The number of aromatic amines is 1. The molecule has 4 aromatic rings. The van der Waals surface area contributed by atoms with Crippen molar-refractivity contribution in [2.24, 2.45) is 0 Å². The highest BCUT2D eigenvalue weighted by atomic mass is 16.6. The molecule has 0 saturated carbocycles. The first-order chi connectivity index (χ1) is 20.0. The Morgan fingerprint density at radius 1 is 1.05 bits per heavy atom. The van der Waals surface area contributed by atoms with E-state index in [4.69, 9.17) is 9.72 Å². The molecule has 3 heterocycles. The molecule has 8 heteroatoms. The molecule has 1 aliphatic heterocycles. The smallest absolute Gasteiger partial charge is 0.310 e. The van der Waals surface area contributed by atoms with Crippen LogP contribution < -0.4 is 10.2 Å². The van der Waals surface area contributed by atoms with Gasteiger partial charge in [-0.3, -0.25) is 9.59 Å². The van der Waals surface area contributed by atoms with Crippen LogP contribution in [0.25, 0.3) is 33.4 Å². The summed E-state index contributed by atoms with van der Waals surface area (Å²) in [7, 11) is 2.16. The van der Waals surface area contributed by atoms with Gasteiger partial charge in [0, 0.05) is 54.7 Å². The number of esters is 1. The molecule has 0 spiro atoms. The number of nitrogens with zero attached hydrogens (tertiary/aromatic N) is 3. The lowest BCUT2D eigenvalue weighted by molar-refractivity contribution is -0.153. The topological polar surface area (TPSA) is 90.6 Å². The van der Waals surface area contributed by atoms with Crippen molar-refractivity contribution < 1.29 is 14.3 Å². The van der Waals surface area contributed by atoms with Crippen LogP contribution in [-0.2, 0) is 20.7 Å². The first-order valence-corrected chi connectivity index (χ1v) is 14.3. The van der Waals surface area contributed by atoms with Crippen molar-refractivity contribution in [3.8, 4) is 22.4 Å². The van der Waals surface area contributed by atoms with Gasteiger partial charge in [-0.25, -0.2) is 4.98 Å². The minimum atomic E-state index is -0.564. The second kappa shape index (κ2) is 11.8. The van der Waals surface area contributed by atoms with Gasteiger partial charge >= 0.3 is 5.97 Å². The molecular weight excluding hydrogens is 526 g/mol. The summed E-state index contributed by atoms with van der Waals surface area (Å²) >= 11 is 0. The van der Waals surface area contributed by atoms with Crippen LogP contribution in [0.3, 0.4) is 0 Å². The van der Waals surface area contributed by atoms with Crippen LogP contribution in [-0.4, -0.2) is 65.6 Å². The first kappa shape index (κ1) is 29.1. The Bertz CT molecular complexity index is 1620. The molecule has 0 aliphatic carbocycles. The average molecular weight is 566 g/mol. The number of rotatable bonds is 7. The fourth-order valence-corrected chi connectivity index (χ4v) is 5.27. The van der Waals surface area contributed by atoms with Gasteiger partial charge < -0.3 is 24.8 Å². The number of nitrogens with one attached hydrogen (secondary N) is 2. The highest BCUT2D eigenvalue weighted by Gasteiger charge is 2.21. The van der Waals surface area contributed by atoms with Crippen LogP contribution in [0.2, 0.25) is 0 Å². The molecule has 0 bridgehead atoms. The average Bonchev–Trinajstić information content (AvgIpc) is 3.32. The summed E-state index contributed by atoms with van der Waals surface area (Å²) in [5.74, 6) is -0.569. The number of aromatic nitrogens is 2. The minimum Gasteiger partial charge on any atom is -0.460 e. The summed E-state index contributed by atoms with van der Waals surface area (Å²) in [5.41, 5.74) is 7.57. The zero-order chi connectivity index (χ0) is 30.0. The number of ether oxygens (including phenoxy) is 1. The number of amides is 1. The lowest BCUT2D eigenvalue weighted by Gasteiger charge is -2.34. The molecule has 1 fully saturated rings. The molecule has 0 unspecified atom stereocenters. The second-order valence-electron chi connectivity index (χ2n) is 11.9. The van der Waals surface area contributed by atoms with E-state index in [1.165, 1.54) is 11.8 Å². The van der Waals surface area contributed by atoms with Crippen molar-refractivity contribution in [1.82, 2.24) is 14.9 Å². The monoisotopic (exact) mass is 565 g/mol. The maximum atomic E-state index is 12.6. The number of piperazine rings is 1. The predicted molar refractivity (Wildman–Crippen MR) is 170 cm³/mol. The molecule has 1 amide bonds. The fraction of sp³-hybridized carbons (Fsp3) is 0.324. The Morgan fingerprint density at radius 3 is 2.40 bits per heavy atom. The number of likely N-dealkylation sites (N-methyl/N-ethyl adjacent to an activating group) is 1. The summed E-state index contributed by atoms with van der Waals surface area (Å²) in [5, 5.41) is 3.81. The van der Waals surface area contributed by atoms with Gasteiger partial charge in [0.15, 0.2) is 0 Å². The van der Waals surface area contributed by atoms with Gasteiger partial charge in [-0.2, -0.15) is 0 Å². The van der Waals surface area contributed by atoms with Crippen molar-refractivity contribution in [3.63, 3.8) is 0 Å². The lowest BCUT2D eigenvalue weighted by atomic mass is 9.96. The van der Waals surface area contributed by atoms with Crippen LogP contribution in [0, 0.1) is 6.92 Å². The number of pyridine rings is 1. The van der Waals surface area contributed by atoms with E-state index in [1.54, 1.807) is 6.20 Å². The predicted octanol–water partition coefficient (Wildman–Crippen LogP) is 5.97. The third-order valence-electron chi connectivity index (χ3n) is 7.47. The standard InChI is InChI=1S/C34H39N5O3/c1-7-29(40)36-28-20-25(9-8-22(28)2)31-27-18-23(19-30(41)42-34(3,4)5)21-35-33(27)37-32(31)24-10-12-26(13-11-24)39-16-14-38(6)15-17-39/h7-13,18,20-21H,1,14-17,19H2,2-6H3,(H,35,37)(H,36,40). The minimum absolute atomic E-state index is 0.119. The van der Waals surface area contributed by atoms with E-state index >= 15 is 0 Å². The number of benzene rings is 2. The SMILES string of the molecule is C=CC(=O)Nc1cc(-c2c(-c3ccc(N4CCN(C)CC4)cc3)[nH]c3ncc(CC(=O)OC(C)(C)C)cc23)ccc1C. The van der Waals surface area contributed by atoms with E-state index in [-0.39, 0.29) is 18.3 Å². The molecule has 218 valence electrons. The Hall–Kier alpha value is -4.43. The summed E-state index contributed by atoms with van der Waals surface area (Å²) in [6, 6.07) is 16.6. The number of fused-ring (bicyclic) bond motifs is 1. The maximum Gasteiger partial charge on any atom is 0.310 e. The summed E-state index contributed by atoms with van der Waals surface area (Å²) in [6.45, 7) is 15.2. The van der Waals surface area contributed by atoms with Crippen LogP contribution in [0.15, 0.2) is 67.4 Å². The fourth-order valence-electron chi connectivity index (χ4n) is 5.27. The van der Waals surface area contributed by atoms with E-state index < -0.39 is 5.60 Å². The Labute approximate surface area is 247 Å². The lowest BCUT2D eigenvalue weighted by Crippen LogP contribution is -2.44. The van der Waals surface area contributed by atoms with Gasteiger partial charge in [-0.05, 0) is 87.3 Å². The van der Waals surface area contributed by atoms with E-state index in [2.05, 4.69) is 58.0 Å². The van der Waals surface area contributed by atoms with Crippen LogP contribution >= 0.6 is 0 Å². The summed E-state index contributed by atoms with van der Waals surface area (Å²) < 4.78 is 5.56. The quantitative estimate of drug-likeness (QED) is 0.212. The normalized spacial score (nSPS) is 14.2. The molecule has 8 nitrogen and oxygen atoms in total. The first-order valence-electron chi connectivity index (χ1n) is 14.3. The van der Waals surface area contributed by atoms with Crippen LogP contribution in [0.5, 0.6) is 0 Å². The Kier molecular flexibility index (Phi) is 8.18. The molecule has 2 N–H and O–H groups in total. The molecule has 5 rings (SSSR count). The molecular formula is C34H39N5O3. The van der Waals surface area contributed by atoms with Crippen LogP contribution in [0.4, 0.5) is 11.4 Å². The van der Waals surface area contributed by atoms with Crippen molar-refractivity contribution >= 4 is 34.3 Å². The van der Waals surface area contributed by atoms with Gasteiger partial charge in [0.2, 0.25) is 5.91 Å². The Balaban J connectivity index is 1.59. The maximum absolute atomic E-state index is 12.6. The van der Waals surface area contributed by atoms with E-state index in [0.29, 0.717) is 11.3 Å². The molecule has 2 aromatic heterocycles. The van der Waals surface area contributed by atoms with Gasteiger partial charge in [-0.15, -0.1) is 0 Å². The molecule has 0 atom stereocenters. The van der Waals surface area contributed by atoms with E-state index in [1.807, 2.05) is 52.0 Å². The van der Waals surface area contributed by atoms with E-state index in [0.717, 1.165) is 65.1 Å². The number of H-pyrrole nitrogens is 1. The number of carbonyl (C=O) groups excluding carboxylic acids is 2. The summed E-state index contributed by atoms with van der Waals surface area (Å²) in [4.78, 5) is 37.8. The number of anilines is 2. The zero-order valence-corrected chi connectivity index (χ0v) is 25.1. The Morgan fingerprint density at radius 2 is 1.74 bits per heavy atom. The number of hydrogen-bond acceptors (Lipinski definition) is 6. The number of carbonyl (C=O) groups is 2. The second-order valence-corrected chi connectivity index (χ2v) is 11.9. The molecule has 0 radical (unpaired) electrons. The van der Waals surface area contributed by atoms with Crippen molar-refractivity contribution in [2.45, 2.75) is 39.7 Å².